The van der Waals surface area contributed by atoms with E-state index in [0.717, 1.165) is 0 Å². The van der Waals surface area contributed by atoms with Gasteiger partial charge in [-0.2, -0.15) is 0 Å². The molecule has 2 rings (SSSR count). The molecule has 0 aliphatic heterocycles. The average Bonchev–Trinajstić information content (AvgIpc) is 3.02. The second-order valence-electron chi connectivity index (χ2n) is 12.4. The highest BCUT2D eigenvalue weighted by atomic mass is 32.2. The third-order valence-electron chi connectivity index (χ3n) is 8.21. The molecule has 0 amide bonds. The first kappa shape index (κ1) is 43.6. The molecule has 7 nitrogen and oxygen atoms in total. The molecular weight excluding hydrogens is 596 g/mol. The number of hydrogen-bond acceptors (Lipinski definition) is 3. The topological polar surface area (TPSA) is 97.7 Å². The highest BCUT2D eigenvalue weighted by molar-refractivity contribution is 7.91. The third-order valence-corrected chi connectivity index (χ3v) is 9.61. The molecule has 0 saturated heterocycles. The van der Waals surface area contributed by atoms with Gasteiger partial charge in [0.15, 0.2) is 9.79 Å². The third kappa shape index (κ3) is 15.9. The van der Waals surface area contributed by atoms with E-state index in [9.17, 15) is 14.1 Å². The van der Waals surface area contributed by atoms with E-state index < -0.39 is 23.1 Å². The van der Waals surface area contributed by atoms with Crippen LogP contribution in [-0.4, -0.2) is 88.0 Å². The summed E-state index contributed by atoms with van der Waals surface area (Å²) in [7, 11) is 0. The minimum atomic E-state index is -1.48. The van der Waals surface area contributed by atoms with Crippen LogP contribution in [0.25, 0.3) is 0 Å². The fourth-order valence-corrected chi connectivity index (χ4v) is 7.75. The molecule has 0 spiro atoms. The van der Waals surface area contributed by atoms with Crippen molar-refractivity contribution in [2.24, 2.45) is 0 Å². The number of rotatable bonds is 20. The number of benzene rings is 2. The van der Waals surface area contributed by atoms with E-state index >= 15 is 0 Å². The average molecular weight is 663 g/mol. The molecule has 0 fully saturated rings. The Kier molecular flexibility index (Phi) is 23.5. The predicted molar refractivity (Wildman–Crippen MR) is 193 cm³/mol. The Morgan fingerprint density at radius 2 is 0.674 bits per heavy atom. The van der Waals surface area contributed by atoms with Crippen molar-refractivity contribution >= 4 is 23.1 Å². The molecule has 262 valence electrons. The molecule has 2 aromatic carbocycles. The normalized spacial score (nSPS) is 11.3. The van der Waals surface area contributed by atoms with Crippen LogP contribution >= 0.6 is 0 Å². The van der Waals surface area contributed by atoms with Crippen molar-refractivity contribution < 1.29 is 33.3 Å². The summed E-state index contributed by atoms with van der Waals surface area (Å²) in [5.74, 6) is -2.10. The summed E-state index contributed by atoms with van der Waals surface area (Å²) in [5, 5.41) is 17.6. The lowest BCUT2D eigenvalue weighted by atomic mass is 10.2. The van der Waals surface area contributed by atoms with Crippen molar-refractivity contribution in [1.82, 2.24) is 0 Å². The number of aromatic carboxylic acids is 2. The van der Waals surface area contributed by atoms with E-state index in [2.05, 4.69) is 55.4 Å². The van der Waals surface area contributed by atoms with Gasteiger partial charge in [-0.25, -0.2) is 9.59 Å². The lowest BCUT2D eigenvalue weighted by Crippen LogP contribution is -2.50. The van der Waals surface area contributed by atoms with Gasteiger partial charge in [-0.15, -0.1) is 0 Å². The van der Waals surface area contributed by atoms with Crippen molar-refractivity contribution in [2.75, 3.05) is 52.4 Å². The second-order valence-corrected chi connectivity index (χ2v) is 13.9. The van der Waals surface area contributed by atoms with Gasteiger partial charge in [0.25, 0.3) is 0 Å². The molecule has 0 radical (unpaired) electrons. The summed E-state index contributed by atoms with van der Waals surface area (Å²) in [6.07, 6.45) is 10.7. The summed E-state index contributed by atoms with van der Waals surface area (Å²) in [5.41, 5.74) is 0.235. The molecule has 0 heterocycles. The lowest BCUT2D eigenvalue weighted by Gasteiger charge is -2.38. The van der Waals surface area contributed by atoms with Gasteiger partial charge in [0, 0.05) is 11.2 Å². The highest BCUT2D eigenvalue weighted by Crippen LogP contribution is 2.22. The van der Waals surface area contributed by atoms with Gasteiger partial charge in [0.2, 0.25) is 0 Å². The van der Waals surface area contributed by atoms with Gasteiger partial charge in [-0.05, 0) is 99.9 Å². The van der Waals surface area contributed by atoms with Gasteiger partial charge in [0.05, 0.1) is 63.5 Å². The molecule has 8 heteroatoms. The van der Waals surface area contributed by atoms with Crippen molar-refractivity contribution in [1.29, 1.82) is 0 Å². The Hall–Kier alpha value is -2.39. The molecule has 2 aromatic rings. The molecule has 0 aromatic heterocycles. The van der Waals surface area contributed by atoms with Gasteiger partial charge < -0.3 is 23.7 Å². The van der Waals surface area contributed by atoms with Crippen LogP contribution in [0, 0.1) is 0 Å². The number of hydrogen-bond donors (Lipinski definition) is 2. The van der Waals surface area contributed by atoms with Crippen LogP contribution in [-0.2, 0) is 11.2 Å². The van der Waals surface area contributed by atoms with Gasteiger partial charge in [0.1, 0.15) is 0 Å². The standard InChI is InChI=1S/C14H10O5S.2C12H28N/c15-13(16)9-1-5-11(6-2-9)20(19)12-7-3-10(4-8-12)14(17)18;2*1-5-9-13(10-6-2,11-7-3)12-8-4/h1-8H,(H,15,16)(H,17,18);2*5-12H2,1-4H3/q;2*+1. The molecule has 0 aliphatic carbocycles. The minimum absolute atomic E-state index is 0.118. The smallest absolute Gasteiger partial charge is 0.335 e. The first-order valence-electron chi connectivity index (χ1n) is 17.8. The Morgan fingerprint density at radius 3 is 0.826 bits per heavy atom. The summed E-state index contributed by atoms with van der Waals surface area (Å²) in [4.78, 5) is 22.4. The molecule has 0 unspecified atom stereocenters. The number of carbonyl (C=O) groups is 2. The van der Waals surface area contributed by atoms with Crippen LogP contribution in [0.5, 0.6) is 0 Å². The highest BCUT2D eigenvalue weighted by Gasteiger charge is 2.24. The van der Waals surface area contributed by atoms with Crippen LogP contribution in [0.2, 0.25) is 0 Å². The first-order chi connectivity index (χ1) is 22.0. The Morgan fingerprint density at radius 1 is 0.478 bits per heavy atom. The molecule has 0 atom stereocenters. The maximum Gasteiger partial charge on any atom is 0.335 e. The van der Waals surface area contributed by atoms with Gasteiger partial charge >= 0.3 is 11.9 Å². The van der Waals surface area contributed by atoms with E-state index in [0.29, 0.717) is 9.79 Å². The number of nitrogens with zero attached hydrogens (tertiary/aromatic N) is 2. The van der Waals surface area contributed by atoms with Crippen molar-refractivity contribution in [3.63, 3.8) is 0 Å². The van der Waals surface area contributed by atoms with E-state index in [1.54, 1.807) is 0 Å². The summed E-state index contributed by atoms with van der Waals surface area (Å²) in [6, 6.07) is 11.4. The van der Waals surface area contributed by atoms with Crippen LogP contribution < -0.4 is 0 Å². The monoisotopic (exact) mass is 662 g/mol. The molecule has 0 aliphatic rings. The quantitative estimate of drug-likeness (QED) is 0.109. The SMILES string of the molecule is CCC[N+](CCC)(CCC)CCC.CCC[N+](CCC)(CCC)CCC.O=C(O)c1ccc([S+]([O-])c2ccc(C(=O)O)cc2)cc1. The van der Waals surface area contributed by atoms with Crippen molar-refractivity contribution in [3.8, 4) is 0 Å². The molecule has 46 heavy (non-hydrogen) atoms. The predicted octanol–water partition coefficient (Wildman–Crippen LogP) is 9.14. The zero-order valence-corrected chi connectivity index (χ0v) is 31.2. The Balaban J connectivity index is 0.000000691. The van der Waals surface area contributed by atoms with Gasteiger partial charge in [-0.1, -0.05) is 55.4 Å². The minimum Gasteiger partial charge on any atom is -0.606 e. The maximum absolute atomic E-state index is 12.2. The van der Waals surface area contributed by atoms with Crippen LogP contribution in [0.3, 0.4) is 0 Å². The summed E-state index contributed by atoms with van der Waals surface area (Å²) < 4.78 is 15.0. The summed E-state index contributed by atoms with van der Waals surface area (Å²) in [6.45, 7) is 29.6. The van der Waals surface area contributed by atoms with E-state index in [1.807, 2.05) is 0 Å². The van der Waals surface area contributed by atoms with E-state index in [-0.39, 0.29) is 11.1 Å². The Bertz CT molecular complexity index is 931. The number of carboxylic acid groups (broad SMARTS) is 2. The number of quaternary nitrogens is 2. The first-order valence-corrected chi connectivity index (χ1v) is 18.9. The molecule has 0 saturated carbocycles. The Labute approximate surface area is 284 Å². The molecular formula is C38H66N2O5S+2. The fraction of sp³-hybridized carbons (Fsp3) is 0.632. The van der Waals surface area contributed by atoms with Gasteiger partial charge in [-0.3, -0.25) is 0 Å². The second kappa shape index (κ2) is 24.7. The van der Waals surface area contributed by atoms with Crippen molar-refractivity contribution in [2.45, 2.75) is 117 Å². The largest absolute Gasteiger partial charge is 0.606 e. The lowest BCUT2D eigenvalue weighted by molar-refractivity contribution is -0.928. The summed E-state index contributed by atoms with van der Waals surface area (Å²) >= 11 is -1.48. The fourth-order valence-electron chi connectivity index (χ4n) is 6.71. The van der Waals surface area contributed by atoms with Crippen LogP contribution in [0.15, 0.2) is 58.3 Å². The van der Waals surface area contributed by atoms with Crippen LogP contribution in [0.4, 0.5) is 0 Å². The van der Waals surface area contributed by atoms with Crippen molar-refractivity contribution in [3.05, 3.63) is 59.7 Å². The van der Waals surface area contributed by atoms with Crippen LogP contribution in [0.1, 0.15) is 127 Å². The molecule has 2 N–H and O–H groups in total. The molecule has 0 bridgehead atoms. The number of carboxylic acids is 2. The van der Waals surface area contributed by atoms with E-state index in [4.69, 9.17) is 10.2 Å². The zero-order chi connectivity index (χ0) is 35.0. The van der Waals surface area contributed by atoms with E-state index in [1.165, 1.54) is 161 Å². The zero-order valence-electron chi connectivity index (χ0n) is 30.4. The maximum atomic E-state index is 12.2.